The molecule has 0 spiro atoms. The maximum absolute atomic E-state index is 12.1. The molecule has 112 valence electrons. The number of rotatable bonds is 5. The van der Waals surface area contributed by atoms with Gasteiger partial charge in [0.15, 0.2) is 0 Å². The summed E-state index contributed by atoms with van der Waals surface area (Å²) in [7, 11) is -3.51. The van der Waals surface area contributed by atoms with Crippen molar-refractivity contribution in [1.29, 1.82) is 0 Å². The second kappa shape index (κ2) is 5.87. The van der Waals surface area contributed by atoms with Crippen molar-refractivity contribution in [3.05, 3.63) is 17.5 Å². The predicted molar refractivity (Wildman–Crippen MR) is 76.5 cm³/mol. The largest absolute Gasteiger partial charge is 0.477 e. The summed E-state index contributed by atoms with van der Waals surface area (Å²) in [5.41, 5.74) is 0.610. The Kier molecular flexibility index (Phi) is 4.37. The zero-order valence-corrected chi connectivity index (χ0v) is 12.3. The minimum atomic E-state index is -3.51. The molecule has 1 saturated carbocycles. The van der Waals surface area contributed by atoms with Crippen LogP contribution in [0.5, 0.6) is 0 Å². The first-order valence-corrected chi connectivity index (χ1v) is 8.46. The van der Waals surface area contributed by atoms with E-state index < -0.39 is 16.0 Å². The first-order chi connectivity index (χ1) is 9.37. The Hall–Kier alpha value is -1.50. The van der Waals surface area contributed by atoms with E-state index in [-0.39, 0.29) is 23.1 Å². The zero-order chi connectivity index (χ0) is 14.8. The van der Waals surface area contributed by atoms with Gasteiger partial charge in [-0.2, -0.15) is 0 Å². The zero-order valence-electron chi connectivity index (χ0n) is 11.5. The average Bonchev–Trinajstić information content (AvgIpc) is 2.70. The number of carboxylic acids is 1. The van der Waals surface area contributed by atoms with E-state index in [1.165, 1.54) is 12.5 Å². The molecule has 0 unspecified atom stereocenters. The summed E-state index contributed by atoms with van der Waals surface area (Å²) in [6, 6.07) is 1.50. The van der Waals surface area contributed by atoms with Crippen LogP contribution in [-0.2, 0) is 10.0 Å². The van der Waals surface area contributed by atoms with Crippen molar-refractivity contribution < 1.29 is 18.3 Å². The van der Waals surface area contributed by atoms with Crippen LogP contribution in [0.4, 0.5) is 5.69 Å². The first-order valence-electron chi connectivity index (χ1n) is 6.81. The van der Waals surface area contributed by atoms with Crippen molar-refractivity contribution >= 4 is 21.7 Å². The van der Waals surface area contributed by atoms with Crippen LogP contribution in [0.15, 0.2) is 6.07 Å². The molecule has 3 N–H and O–H groups in total. The quantitative estimate of drug-likeness (QED) is 0.777. The van der Waals surface area contributed by atoms with Gasteiger partial charge in [-0.3, -0.25) is 4.72 Å². The van der Waals surface area contributed by atoms with Gasteiger partial charge in [0, 0.05) is 5.69 Å². The Morgan fingerprint density at radius 1 is 1.40 bits per heavy atom. The highest BCUT2D eigenvalue weighted by atomic mass is 32.2. The Bertz CT molecular complexity index is 586. The van der Waals surface area contributed by atoms with Gasteiger partial charge < -0.3 is 10.1 Å². The van der Waals surface area contributed by atoms with Crippen LogP contribution in [0.2, 0.25) is 0 Å². The monoisotopic (exact) mass is 300 g/mol. The molecule has 7 heteroatoms. The van der Waals surface area contributed by atoms with Gasteiger partial charge in [0.1, 0.15) is 5.69 Å². The first kappa shape index (κ1) is 14.9. The van der Waals surface area contributed by atoms with Crippen LogP contribution in [0.3, 0.4) is 0 Å². The summed E-state index contributed by atoms with van der Waals surface area (Å²) in [5.74, 6) is -0.931. The lowest BCUT2D eigenvalue weighted by Gasteiger charge is -2.21. The van der Waals surface area contributed by atoms with Gasteiger partial charge >= 0.3 is 5.97 Å². The standard InChI is InChI=1S/C13H20N2O4S/c1-9-7-11(12(14-9)13(16)17)15-20(18,19)8-10-5-3-2-4-6-10/h7,10,14-15H,2-6,8H2,1H3,(H,16,17). The highest BCUT2D eigenvalue weighted by Gasteiger charge is 2.23. The Morgan fingerprint density at radius 3 is 2.65 bits per heavy atom. The number of aryl methyl sites for hydroxylation is 1. The third-order valence-corrected chi connectivity index (χ3v) is 5.05. The van der Waals surface area contributed by atoms with Gasteiger partial charge in [0.05, 0.1) is 11.4 Å². The minimum absolute atomic E-state index is 0.0658. The number of nitrogens with one attached hydrogen (secondary N) is 2. The molecule has 1 aliphatic carbocycles. The molecule has 0 radical (unpaired) electrons. The number of aromatic nitrogens is 1. The lowest BCUT2D eigenvalue weighted by atomic mass is 9.91. The van der Waals surface area contributed by atoms with E-state index in [2.05, 4.69) is 9.71 Å². The van der Waals surface area contributed by atoms with E-state index in [9.17, 15) is 13.2 Å². The summed E-state index contributed by atoms with van der Waals surface area (Å²) in [6.07, 6.45) is 5.18. The summed E-state index contributed by atoms with van der Waals surface area (Å²) >= 11 is 0. The van der Waals surface area contributed by atoms with E-state index in [4.69, 9.17) is 5.11 Å². The van der Waals surface area contributed by atoms with Gasteiger partial charge in [0.25, 0.3) is 0 Å². The van der Waals surface area contributed by atoms with E-state index in [1.54, 1.807) is 6.92 Å². The van der Waals surface area contributed by atoms with Crippen LogP contribution in [0.1, 0.15) is 48.3 Å². The molecule has 0 amide bonds. The molecule has 0 saturated heterocycles. The molecular weight excluding hydrogens is 280 g/mol. The number of carbonyl (C=O) groups is 1. The molecule has 20 heavy (non-hydrogen) atoms. The van der Waals surface area contributed by atoms with Gasteiger partial charge in [-0.05, 0) is 31.7 Å². The van der Waals surface area contributed by atoms with Crippen molar-refractivity contribution in [3.63, 3.8) is 0 Å². The number of aromatic amines is 1. The summed E-state index contributed by atoms with van der Waals surface area (Å²) in [5, 5.41) is 9.03. The molecule has 1 aliphatic rings. The molecule has 0 bridgehead atoms. The molecule has 2 rings (SSSR count). The normalized spacial score (nSPS) is 17.1. The summed E-state index contributed by atoms with van der Waals surface area (Å²) in [6.45, 7) is 1.69. The van der Waals surface area contributed by atoms with E-state index >= 15 is 0 Å². The van der Waals surface area contributed by atoms with Gasteiger partial charge in [-0.25, -0.2) is 13.2 Å². The minimum Gasteiger partial charge on any atom is -0.477 e. The second-order valence-corrected chi connectivity index (χ2v) is 7.20. The molecule has 0 atom stereocenters. The lowest BCUT2D eigenvalue weighted by Crippen LogP contribution is -2.24. The van der Waals surface area contributed by atoms with Crippen molar-refractivity contribution in [2.24, 2.45) is 5.92 Å². The number of hydrogen-bond donors (Lipinski definition) is 3. The number of hydrogen-bond acceptors (Lipinski definition) is 3. The Balaban J connectivity index is 2.09. The molecule has 0 aliphatic heterocycles. The molecule has 0 aromatic carbocycles. The molecular formula is C13H20N2O4S. The number of aromatic carboxylic acids is 1. The number of anilines is 1. The van der Waals surface area contributed by atoms with Crippen molar-refractivity contribution in [2.45, 2.75) is 39.0 Å². The van der Waals surface area contributed by atoms with Crippen LogP contribution >= 0.6 is 0 Å². The summed E-state index contributed by atoms with van der Waals surface area (Å²) < 4.78 is 26.7. The van der Waals surface area contributed by atoms with Gasteiger partial charge in [0.2, 0.25) is 10.0 Å². The molecule has 6 nitrogen and oxygen atoms in total. The predicted octanol–water partition coefficient (Wildman–Crippen LogP) is 2.34. The van der Waals surface area contributed by atoms with Crippen molar-refractivity contribution in [3.8, 4) is 0 Å². The van der Waals surface area contributed by atoms with Crippen LogP contribution < -0.4 is 4.72 Å². The maximum Gasteiger partial charge on any atom is 0.354 e. The lowest BCUT2D eigenvalue weighted by molar-refractivity contribution is 0.0692. The molecule has 1 aromatic heterocycles. The van der Waals surface area contributed by atoms with Crippen molar-refractivity contribution in [2.75, 3.05) is 10.5 Å². The Morgan fingerprint density at radius 2 is 2.05 bits per heavy atom. The fourth-order valence-electron chi connectivity index (χ4n) is 2.71. The van der Waals surface area contributed by atoms with Gasteiger partial charge in [-0.1, -0.05) is 19.3 Å². The van der Waals surface area contributed by atoms with E-state index in [1.807, 2.05) is 0 Å². The van der Waals surface area contributed by atoms with Crippen molar-refractivity contribution in [1.82, 2.24) is 4.98 Å². The second-order valence-electron chi connectivity index (χ2n) is 5.43. The third kappa shape index (κ3) is 3.75. The number of carboxylic acid groups (broad SMARTS) is 1. The smallest absolute Gasteiger partial charge is 0.354 e. The van der Waals surface area contributed by atoms with Gasteiger partial charge in [-0.15, -0.1) is 0 Å². The number of H-pyrrole nitrogens is 1. The molecule has 1 fully saturated rings. The topological polar surface area (TPSA) is 99.3 Å². The number of sulfonamides is 1. The average molecular weight is 300 g/mol. The molecule has 1 aromatic rings. The highest BCUT2D eigenvalue weighted by Crippen LogP contribution is 2.26. The fraction of sp³-hybridized carbons (Fsp3) is 0.615. The van der Waals surface area contributed by atoms with Crippen LogP contribution in [0, 0.1) is 12.8 Å². The highest BCUT2D eigenvalue weighted by molar-refractivity contribution is 7.92. The SMILES string of the molecule is Cc1cc(NS(=O)(=O)CC2CCCCC2)c(C(=O)O)[nH]1. The fourth-order valence-corrected chi connectivity index (χ4v) is 4.25. The van der Waals surface area contributed by atoms with E-state index in [0.717, 1.165) is 25.7 Å². The van der Waals surface area contributed by atoms with Crippen LogP contribution in [0.25, 0.3) is 0 Å². The van der Waals surface area contributed by atoms with E-state index in [0.29, 0.717) is 5.69 Å². The molecule has 1 heterocycles. The van der Waals surface area contributed by atoms with Crippen LogP contribution in [-0.4, -0.2) is 30.2 Å². The Labute approximate surface area is 118 Å². The summed E-state index contributed by atoms with van der Waals surface area (Å²) in [4.78, 5) is 13.7. The third-order valence-electron chi connectivity index (χ3n) is 3.61. The maximum atomic E-state index is 12.1.